The summed E-state index contributed by atoms with van der Waals surface area (Å²) >= 11 is 15.8. The van der Waals surface area contributed by atoms with Crippen molar-refractivity contribution in [3.63, 3.8) is 0 Å². The Bertz CT molecular complexity index is 1410. The first kappa shape index (κ1) is 25.8. The fraction of sp³-hybridized carbons (Fsp3) is 0.115. The van der Waals surface area contributed by atoms with Crippen molar-refractivity contribution in [2.45, 2.75) is 13.5 Å². The van der Waals surface area contributed by atoms with E-state index in [0.717, 1.165) is 20.5 Å². The van der Waals surface area contributed by atoms with Crippen LogP contribution in [-0.4, -0.2) is 25.0 Å². The van der Waals surface area contributed by atoms with Gasteiger partial charge in [-0.15, -0.1) is 0 Å². The molecule has 3 aromatic carbocycles. The van der Waals surface area contributed by atoms with Crippen LogP contribution in [0.3, 0.4) is 0 Å². The number of rotatable bonds is 6. The number of hydrogen-bond donors (Lipinski definition) is 1. The van der Waals surface area contributed by atoms with Gasteiger partial charge in [0.1, 0.15) is 12.2 Å². The fourth-order valence-corrected chi connectivity index (χ4v) is 4.17. The van der Waals surface area contributed by atoms with Gasteiger partial charge < -0.3 is 9.47 Å². The lowest BCUT2D eigenvalue weighted by molar-refractivity contribution is -0.122. The molecule has 7 nitrogen and oxygen atoms in total. The van der Waals surface area contributed by atoms with Gasteiger partial charge in [0.05, 0.1) is 17.8 Å². The van der Waals surface area contributed by atoms with Gasteiger partial charge in [-0.2, -0.15) is 0 Å². The van der Waals surface area contributed by atoms with Crippen molar-refractivity contribution >= 4 is 68.7 Å². The number of imide groups is 2. The van der Waals surface area contributed by atoms with Gasteiger partial charge in [0.25, 0.3) is 11.8 Å². The predicted octanol–water partition coefficient (Wildman–Crippen LogP) is 6.32. The highest BCUT2D eigenvalue weighted by Gasteiger charge is 2.37. The summed E-state index contributed by atoms with van der Waals surface area (Å²) in [6.45, 7) is 2.05. The average Bonchev–Trinajstić information content (AvgIpc) is 2.84. The van der Waals surface area contributed by atoms with E-state index in [2.05, 4.69) is 21.2 Å². The Morgan fingerprint density at radius 3 is 2.42 bits per heavy atom. The highest BCUT2D eigenvalue weighted by molar-refractivity contribution is 9.10. The molecule has 184 valence electrons. The van der Waals surface area contributed by atoms with Gasteiger partial charge in [-0.25, -0.2) is 9.69 Å². The van der Waals surface area contributed by atoms with E-state index in [4.69, 9.17) is 32.7 Å². The number of halogens is 3. The number of ether oxygens (including phenoxy) is 2. The van der Waals surface area contributed by atoms with Crippen molar-refractivity contribution in [3.05, 3.63) is 91.4 Å². The Kier molecular flexibility index (Phi) is 7.68. The molecule has 1 fully saturated rings. The summed E-state index contributed by atoms with van der Waals surface area (Å²) in [5.74, 6) is -0.960. The van der Waals surface area contributed by atoms with Crippen molar-refractivity contribution in [1.82, 2.24) is 5.32 Å². The van der Waals surface area contributed by atoms with Gasteiger partial charge in [0, 0.05) is 9.50 Å². The standard InChI is InChI=1S/C26H19BrCl2N2O5/c1-14-9-18(7-8-20(14)27)31-25(33)19(24(32)30-26(31)34)10-16-11-21(29)23(22(12-16)35-2)36-13-15-3-5-17(28)6-4-15/h3-12H,13H2,1-2H3,(H,30,32,34)/b19-10+. The summed E-state index contributed by atoms with van der Waals surface area (Å²) in [7, 11) is 1.45. The number of carbonyl (C=O) groups is 3. The molecule has 0 aliphatic carbocycles. The molecule has 1 aliphatic heterocycles. The molecule has 4 amide bonds. The molecule has 36 heavy (non-hydrogen) atoms. The van der Waals surface area contributed by atoms with Crippen LogP contribution in [0.15, 0.2) is 64.6 Å². The number of aryl methyl sites for hydroxylation is 1. The Morgan fingerprint density at radius 2 is 1.75 bits per heavy atom. The van der Waals surface area contributed by atoms with Crippen LogP contribution < -0.4 is 19.7 Å². The summed E-state index contributed by atoms with van der Waals surface area (Å²) in [5.41, 5.74) is 2.21. The van der Waals surface area contributed by atoms with E-state index in [9.17, 15) is 14.4 Å². The zero-order chi connectivity index (χ0) is 26.0. The lowest BCUT2D eigenvalue weighted by Crippen LogP contribution is -2.54. The molecule has 3 aromatic rings. The largest absolute Gasteiger partial charge is 0.493 e. The number of urea groups is 1. The number of methoxy groups -OCH3 is 1. The van der Waals surface area contributed by atoms with Crippen molar-refractivity contribution in [2.75, 3.05) is 12.0 Å². The van der Waals surface area contributed by atoms with E-state index in [1.54, 1.807) is 42.5 Å². The van der Waals surface area contributed by atoms with E-state index in [-0.39, 0.29) is 17.2 Å². The number of anilines is 1. The highest BCUT2D eigenvalue weighted by Crippen LogP contribution is 2.38. The molecule has 0 saturated carbocycles. The lowest BCUT2D eigenvalue weighted by atomic mass is 10.1. The molecule has 0 spiro atoms. The third-order valence-corrected chi connectivity index (χ3v) is 6.78. The molecule has 10 heteroatoms. The van der Waals surface area contributed by atoms with Gasteiger partial charge in [0.15, 0.2) is 11.5 Å². The molecule has 1 N–H and O–H groups in total. The maximum atomic E-state index is 13.2. The van der Waals surface area contributed by atoms with Crippen molar-refractivity contribution in [1.29, 1.82) is 0 Å². The zero-order valence-corrected chi connectivity index (χ0v) is 22.2. The second-order valence-corrected chi connectivity index (χ2v) is 9.54. The van der Waals surface area contributed by atoms with Crippen LogP contribution in [0.1, 0.15) is 16.7 Å². The number of carbonyl (C=O) groups excluding carboxylic acids is 3. The van der Waals surface area contributed by atoms with Gasteiger partial charge in [-0.05, 0) is 72.2 Å². The smallest absolute Gasteiger partial charge is 0.335 e. The first-order chi connectivity index (χ1) is 17.2. The van der Waals surface area contributed by atoms with E-state index in [0.29, 0.717) is 27.8 Å². The Hall–Kier alpha value is -3.33. The molecule has 1 aliphatic rings. The summed E-state index contributed by atoms with van der Waals surface area (Å²) in [6.07, 6.45) is 1.35. The third-order valence-electron chi connectivity index (χ3n) is 5.36. The maximum absolute atomic E-state index is 13.2. The SMILES string of the molecule is COc1cc(/C=C2\C(=O)NC(=O)N(c3ccc(Br)c(C)c3)C2=O)cc(Cl)c1OCc1ccc(Cl)cc1. The number of nitrogens with one attached hydrogen (secondary N) is 1. The molecule has 4 rings (SSSR count). The first-order valence-corrected chi connectivity index (χ1v) is 12.1. The lowest BCUT2D eigenvalue weighted by Gasteiger charge is -2.26. The monoisotopic (exact) mass is 588 g/mol. The van der Waals surface area contributed by atoms with Gasteiger partial charge >= 0.3 is 6.03 Å². The van der Waals surface area contributed by atoms with Crippen molar-refractivity contribution in [3.8, 4) is 11.5 Å². The third kappa shape index (κ3) is 5.41. The highest BCUT2D eigenvalue weighted by atomic mass is 79.9. The minimum Gasteiger partial charge on any atom is -0.493 e. The van der Waals surface area contributed by atoms with Crippen LogP contribution in [0.4, 0.5) is 10.5 Å². The fourth-order valence-electron chi connectivity index (χ4n) is 3.53. The normalized spacial score (nSPS) is 14.8. The molecule has 0 radical (unpaired) electrons. The Balaban J connectivity index is 1.64. The van der Waals surface area contributed by atoms with Gasteiger partial charge in [-0.3, -0.25) is 14.9 Å². The molecule has 0 atom stereocenters. The second-order valence-electron chi connectivity index (χ2n) is 7.84. The average molecular weight is 590 g/mol. The van der Waals surface area contributed by atoms with Crippen LogP contribution in [-0.2, 0) is 16.2 Å². The molecule has 1 heterocycles. The summed E-state index contributed by atoms with van der Waals surface area (Å²) in [5, 5.41) is 3.04. The van der Waals surface area contributed by atoms with Crippen molar-refractivity contribution < 1.29 is 23.9 Å². The number of amides is 4. The minimum absolute atomic E-state index is 0.218. The zero-order valence-electron chi connectivity index (χ0n) is 19.1. The van der Waals surface area contributed by atoms with Crippen LogP contribution in [0, 0.1) is 6.92 Å². The van der Waals surface area contributed by atoms with Gasteiger partial charge in [0.2, 0.25) is 0 Å². The molecule has 0 aromatic heterocycles. The summed E-state index contributed by atoms with van der Waals surface area (Å²) in [4.78, 5) is 39.2. The Morgan fingerprint density at radius 1 is 1.03 bits per heavy atom. The first-order valence-electron chi connectivity index (χ1n) is 10.6. The van der Waals surface area contributed by atoms with E-state index in [1.807, 2.05) is 19.1 Å². The Labute approximate surface area is 225 Å². The number of benzene rings is 3. The quantitative estimate of drug-likeness (QED) is 0.269. The van der Waals surface area contributed by atoms with E-state index >= 15 is 0 Å². The van der Waals surface area contributed by atoms with Crippen LogP contribution in [0.25, 0.3) is 6.08 Å². The topological polar surface area (TPSA) is 84.9 Å². The molecular formula is C26H19BrCl2N2O5. The summed E-state index contributed by atoms with van der Waals surface area (Å²) < 4.78 is 12.1. The maximum Gasteiger partial charge on any atom is 0.335 e. The number of nitrogens with zero attached hydrogens (tertiary/aromatic N) is 1. The predicted molar refractivity (Wildman–Crippen MR) is 142 cm³/mol. The number of hydrogen-bond acceptors (Lipinski definition) is 5. The molecule has 1 saturated heterocycles. The van der Waals surface area contributed by atoms with Gasteiger partial charge in [-0.1, -0.05) is 51.3 Å². The molecule has 0 bridgehead atoms. The van der Waals surface area contributed by atoms with Crippen molar-refractivity contribution in [2.24, 2.45) is 0 Å². The van der Waals surface area contributed by atoms with E-state index in [1.165, 1.54) is 13.2 Å². The number of barbiturate groups is 1. The molecule has 0 unspecified atom stereocenters. The van der Waals surface area contributed by atoms with Crippen LogP contribution in [0.2, 0.25) is 10.0 Å². The molecular weight excluding hydrogens is 571 g/mol. The van der Waals surface area contributed by atoms with E-state index < -0.39 is 17.8 Å². The summed E-state index contributed by atoms with van der Waals surface area (Å²) in [6, 6.07) is 14.5. The van der Waals surface area contributed by atoms with Crippen LogP contribution in [0.5, 0.6) is 11.5 Å². The van der Waals surface area contributed by atoms with Crippen LogP contribution >= 0.6 is 39.1 Å². The second kappa shape index (κ2) is 10.7. The minimum atomic E-state index is -0.828.